The van der Waals surface area contributed by atoms with E-state index in [4.69, 9.17) is 0 Å². The SMILES string of the molecule is CC(C)(C)C1=CC(=C(C#CC(=C2C=C(C(C)(C)C)C(=O)c3ccccc32)c2cc(C(C)(C)C)c(O)c3ccccc23)c2cc(C(C)(C)C)c(O)c3ccccc23)c2ccccc2C1=O. The van der Waals surface area contributed by atoms with Crippen molar-refractivity contribution in [2.75, 3.05) is 0 Å². The molecule has 0 atom stereocenters. The Bertz CT molecular complexity index is 2960. The molecule has 6 aromatic carbocycles. The molecule has 0 bridgehead atoms. The lowest BCUT2D eigenvalue weighted by Crippen LogP contribution is -2.22. The quantitative estimate of drug-likeness (QED) is 0.170. The summed E-state index contributed by atoms with van der Waals surface area (Å²) in [6.45, 7) is 24.9. The second-order valence-corrected chi connectivity index (χ2v) is 21.4. The van der Waals surface area contributed by atoms with Crippen molar-refractivity contribution in [1.29, 1.82) is 0 Å². The third kappa shape index (κ3) is 7.62. The number of carbonyl (C=O) groups is 2. The summed E-state index contributed by atoms with van der Waals surface area (Å²) in [5, 5.41) is 26.9. The summed E-state index contributed by atoms with van der Waals surface area (Å²) in [6.07, 6.45) is 4.06. The minimum Gasteiger partial charge on any atom is -0.507 e. The normalized spacial score (nSPS) is 16.1. The Balaban J connectivity index is 1.63. The zero-order valence-corrected chi connectivity index (χ0v) is 39.3. The molecule has 0 amide bonds. The number of rotatable bonds is 2. The number of phenolic OH excluding ortho intramolecular Hbond substituents is 2. The summed E-state index contributed by atoms with van der Waals surface area (Å²) in [7, 11) is 0. The van der Waals surface area contributed by atoms with Crippen molar-refractivity contribution >= 4 is 55.4 Å². The van der Waals surface area contributed by atoms with Crippen LogP contribution < -0.4 is 0 Å². The third-order valence-electron chi connectivity index (χ3n) is 12.6. The van der Waals surface area contributed by atoms with Gasteiger partial charge in [-0.15, -0.1) is 0 Å². The van der Waals surface area contributed by atoms with E-state index in [0.717, 1.165) is 55.3 Å². The Hall–Kier alpha value is -6.70. The summed E-state index contributed by atoms with van der Waals surface area (Å²) < 4.78 is 0. The monoisotopic (exact) mass is 842 g/mol. The van der Waals surface area contributed by atoms with Gasteiger partial charge in [0.2, 0.25) is 0 Å². The first-order valence-corrected chi connectivity index (χ1v) is 22.2. The van der Waals surface area contributed by atoms with E-state index in [-0.39, 0.29) is 23.1 Å². The first-order chi connectivity index (χ1) is 30.0. The molecule has 2 aliphatic carbocycles. The Kier molecular flexibility index (Phi) is 10.7. The van der Waals surface area contributed by atoms with Gasteiger partial charge in [0.1, 0.15) is 11.5 Å². The summed E-state index contributed by atoms with van der Waals surface area (Å²) in [5.74, 6) is 8.05. The maximum atomic E-state index is 14.4. The number of ketones is 2. The summed E-state index contributed by atoms with van der Waals surface area (Å²) >= 11 is 0. The molecule has 64 heavy (non-hydrogen) atoms. The van der Waals surface area contributed by atoms with Crippen LogP contribution in [0.15, 0.2) is 132 Å². The van der Waals surface area contributed by atoms with Crippen molar-refractivity contribution < 1.29 is 19.8 Å². The Morgan fingerprint density at radius 1 is 0.406 bits per heavy atom. The van der Waals surface area contributed by atoms with Crippen LogP contribution in [0.3, 0.4) is 0 Å². The maximum absolute atomic E-state index is 14.4. The molecule has 0 spiro atoms. The lowest BCUT2D eigenvalue weighted by atomic mass is 9.73. The molecule has 322 valence electrons. The molecule has 0 radical (unpaired) electrons. The Morgan fingerprint density at radius 2 is 0.703 bits per heavy atom. The van der Waals surface area contributed by atoms with E-state index in [0.29, 0.717) is 44.2 Å². The summed E-state index contributed by atoms with van der Waals surface area (Å²) in [5.41, 5.74) is 8.49. The van der Waals surface area contributed by atoms with Crippen LogP contribution in [0.2, 0.25) is 0 Å². The molecule has 2 aliphatic rings. The molecular weight excluding hydrogens is 785 g/mol. The predicted molar refractivity (Wildman–Crippen MR) is 267 cm³/mol. The summed E-state index contributed by atoms with van der Waals surface area (Å²) in [6, 6.07) is 35.5. The topological polar surface area (TPSA) is 74.6 Å². The predicted octanol–water partition coefficient (Wildman–Crippen LogP) is 14.9. The van der Waals surface area contributed by atoms with Gasteiger partial charge in [0.15, 0.2) is 11.6 Å². The van der Waals surface area contributed by atoms with Gasteiger partial charge in [0, 0.05) is 55.3 Å². The highest BCUT2D eigenvalue weighted by Gasteiger charge is 2.35. The number of Topliss-reactive ketones (excluding diaryl/α,β-unsaturated/α-hetero) is 2. The van der Waals surface area contributed by atoms with Gasteiger partial charge in [-0.05, 0) is 90.1 Å². The molecule has 0 fully saturated rings. The van der Waals surface area contributed by atoms with Crippen molar-refractivity contribution in [3.8, 4) is 23.3 Å². The minimum absolute atomic E-state index is 0.0125. The van der Waals surface area contributed by atoms with Crippen LogP contribution in [0, 0.1) is 22.7 Å². The summed E-state index contributed by atoms with van der Waals surface area (Å²) in [4.78, 5) is 28.7. The number of fused-ring (bicyclic) bond motifs is 4. The highest BCUT2D eigenvalue weighted by molar-refractivity contribution is 6.24. The Morgan fingerprint density at radius 3 is 1.02 bits per heavy atom. The molecule has 4 heteroatoms. The lowest BCUT2D eigenvalue weighted by molar-refractivity contribution is 0.1000. The minimum atomic E-state index is -0.490. The van der Waals surface area contributed by atoms with Crippen molar-refractivity contribution in [1.82, 2.24) is 0 Å². The smallest absolute Gasteiger partial charge is 0.190 e. The van der Waals surface area contributed by atoms with E-state index in [1.165, 1.54) is 0 Å². The maximum Gasteiger partial charge on any atom is 0.190 e. The molecule has 0 saturated carbocycles. The molecule has 6 aromatic rings. The zero-order valence-electron chi connectivity index (χ0n) is 39.3. The zero-order chi connectivity index (χ0) is 46.3. The van der Waals surface area contributed by atoms with Crippen molar-refractivity contribution in [2.45, 2.75) is 93.9 Å². The lowest BCUT2D eigenvalue weighted by Gasteiger charge is -2.29. The van der Waals surface area contributed by atoms with Crippen LogP contribution >= 0.6 is 0 Å². The molecule has 0 saturated heterocycles. The number of carbonyl (C=O) groups excluding carboxylic acids is 2. The molecular formula is C60H58O4. The molecule has 4 nitrogen and oxygen atoms in total. The van der Waals surface area contributed by atoms with Crippen LogP contribution in [0.5, 0.6) is 11.5 Å². The average molecular weight is 843 g/mol. The second kappa shape index (κ2) is 15.5. The number of hydrogen-bond donors (Lipinski definition) is 2. The van der Waals surface area contributed by atoms with Crippen LogP contribution in [0.4, 0.5) is 0 Å². The number of hydrogen-bond acceptors (Lipinski definition) is 4. The number of benzene rings is 6. The largest absolute Gasteiger partial charge is 0.507 e. The van der Waals surface area contributed by atoms with Crippen LogP contribution in [0.25, 0.3) is 43.8 Å². The van der Waals surface area contributed by atoms with E-state index in [2.05, 4.69) is 107 Å². The standard InChI is InChI=1S/C60H58O4/c1-57(2,3)49-31-45(35-21-13-17-25-41(35)53(49)61)39(46-32-50(58(4,5)6)54(62)42-26-18-14-22-36(42)46)29-30-40(47-33-51(59(7,8)9)55(63)43-27-19-15-23-37(43)47)48-34-52(60(10,11)12)56(64)44-28-20-16-24-38(44)48/h13-28,31-34,61,63H,1-12H3. The van der Waals surface area contributed by atoms with E-state index in [1.54, 1.807) is 0 Å². The average Bonchev–Trinajstić information content (AvgIpc) is 3.23. The van der Waals surface area contributed by atoms with Gasteiger partial charge in [-0.3, -0.25) is 9.59 Å². The molecule has 2 N–H and O–H groups in total. The van der Waals surface area contributed by atoms with Crippen molar-refractivity contribution in [2.24, 2.45) is 10.8 Å². The molecule has 0 aromatic heterocycles. The first kappa shape index (κ1) is 43.9. The number of aromatic hydroxyl groups is 2. The van der Waals surface area contributed by atoms with Crippen LogP contribution in [-0.4, -0.2) is 21.8 Å². The first-order valence-electron chi connectivity index (χ1n) is 22.2. The van der Waals surface area contributed by atoms with E-state index in [9.17, 15) is 19.8 Å². The molecule has 0 heterocycles. The van der Waals surface area contributed by atoms with E-state index >= 15 is 0 Å². The highest BCUT2D eigenvalue weighted by Crippen LogP contribution is 2.48. The van der Waals surface area contributed by atoms with Crippen molar-refractivity contribution in [3.63, 3.8) is 0 Å². The van der Waals surface area contributed by atoms with Gasteiger partial charge in [-0.25, -0.2) is 0 Å². The van der Waals surface area contributed by atoms with Gasteiger partial charge >= 0.3 is 0 Å². The highest BCUT2D eigenvalue weighted by atomic mass is 16.3. The fourth-order valence-corrected chi connectivity index (χ4v) is 9.19. The third-order valence-corrected chi connectivity index (χ3v) is 12.6. The van der Waals surface area contributed by atoms with Crippen LogP contribution in [-0.2, 0) is 10.8 Å². The van der Waals surface area contributed by atoms with Gasteiger partial charge in [0.25, 0.3) is 0 Å². The second-order valence-electron chi connectivity index (χ2n) is 21.4. The van der Waals surface area contributed by atoms with Gasteiger partial charge in [-0.1, -0.05) is 192 Å². The molecule has 0 aliphatic heterocycles. The van der Waals surface area contributed by atoms with Gasteiger partial charge in [0.05, 0.1) is 0 Å². The van der Waals surface area contributed by atoms with Crippen LogP contribution in [0.1, 0.15) is 137 Å². The van der Waals surface area contributed by atoms with Gasteiger partial charge < -0.3 is 10.2 Å². The number of phenols is 2. The van der Waals surface area contributed by atoms with Gasteiger partial charge in [-0.2, -0.15) is 0 Å². The van der Waals surface area contributed by atoms with E-state index < -0.39 is 21.7 Å². The Labute approximate surface area is 378 Å². The van der Waals surface area contributed by atoms with E-state index in [1.807, 2.05) is 109 Å². The number of allylic oxidation sites excluding steroid dienone is 8. The fourth-order valence-electron chi connectivity index (χ4n) is 9.19. The van der Waals surface area contributed by atoms with Crippen molar-refractivity contribution in [3.05, 3.63) is 177 Å². The fraction of sp³-hybridized carbons (Fsp3) is 0.267. The molecule has 8 rings (SSSR count). The molecule has 0 unspecified atom stereocenters.